The second kappa shape index (κ2) is 9.84. The van der Waals surface area contributed by atoms with Crippen molar-refractivity contribution < 1.29 is 36.5 Å². The molecule has 0 saturated carbocycles. The van der Waals surface area contributed by atoms with Gasteiger partial charge in [0.2, 0.25) is 0 Å². The summed E-state index contributed by atoms with van der Waals surface area (Å²) < 4.78 is 42.7. The summed E-state index contributed by atoms with van der Waals surface area (Å²) in [5.74, 6) is -1.14. The van der Waals surface area contributed by atoms with Gasteiger partial charge in [0.15, 0.2) is 0 Å². The number of rotatable bonds is 12. The average Bonchev–Trinajstić information content (AvgIpc) is 2.51. The van der Waals surface area contributed by atoms with E-state index in [1.807, 2.05) is 21.0 Å². The molecule has 160 valence electrons. The molecule has 9 heteroatoms. The minimum atomic E-state index is -4.21. The van der Waals surface area contributed by atoms with E-state index in [0.29, 0.717) is 30.4 Å². The SMILES string of the molecule is CCC(C)(CC(C)(C)C(=O)OC)C(=O)OCC[N+](C)(C)CCCS(=O)(=O)[O-]. The lowest BCUT2D eigenvalue weighted by Crippen LogP contribution is -2.45. The zero-order valence-corrected chi connectivity index (χ0v) is 18.5. The van der Waals surface area contributed by atoms with Gasteiger partial charge >= 0.3 is 11.9 Å². The molecule has 0 fully saturated rings. The maximum atomic E-state index is 12.6. The highest BCUT2D eigenvalue weighted by Crippen LogP contribution is 2.38. The molecule has 0 N–H and O–H groups in total. The van der Waals surface area contributed by atoms with E-state index < -0.39 is 26.7 Å². The Labute approximate surface area is 163 Å². The van der Waals surface area contributed by atoms with Gasteiger partial charge in [0.05, 0.1) is 48.7 Å². The number of ether oxygens (including phenoxy) is 2. The maximum absolute atomic E-state index is 12.6. The number of hydrogen-bond donors (Lipinski definition) is 0. The Morgan fingerprint density at radius 2 is 1.63 bits per heavy atom. The van der Waals surface area contributed by atoms with E-state index in [1.165, 1.54) is 7.11 Å². The van der Waals surface area contributed by atoms with Gasteiger partial charge in [-0.1, -0.05) is 6.92 Å². The summed E-state index contributed by atoms with van der Waals surface area (Å²) in [6.45, 7) is 8.28. The Balaban J connectivity index is 4.70. The second-order valence-corrected chi connectivity index (χ2v) is 10.1. The Morgan fingerprint density at radius 1 is 1.07 bits per heavy atom. The summed E-state index contributed by atoms with van der Waals surface area (Å²) in [5.41, 5.74) is -1.62. The maximum Gasteiger partial charge on any atom is 0.312 e. The summed E-state index contributed by atoms with van der Waals surface area (Å²) in [7, 11) is 0.869. The van der Waals surface area contributed by atoms with Crippen molar-refractivity contribution in [2.75, 3.05) is 46.7 Å². The van der Waals surface area contributed by atoms with Crippen LogP contribution in [0, 0.1) is 10.8 Å². The van der Waals surface area contributed by atoms with Crippen LogP contribution in [0.15, 0.2) is 0 Å². The van der Waals surface area contributed by atoms with Gasteiger partial charge in [0.25, 0.3) is 0 Å². The van der Waals surface area contributed by atoms with Gasteiger partial charge < -0.3 is 18.5 Å². The van der Waals surface area contributed by atoms with E-state index in [1.54, 1.807) is 20.8 Å². The third-order valence-electron chi connectivity index (χ3n) is 4.93. The van der Waals surface area contributed by atoms with Crippen molar-refractivity contribution >= 4 is 22.1 Å². The summed E-state index contributed by atoms with van der Waals surface area (Å²) >= 11 is 0. The average molecular weight is 410 g/mol. The molecule has 0 aliphatic rings. The van der Waals surface area contributed by atoms with Crippen molar-refractivity contribution in [1.82, 2.24) is 0 Å². The molecule has 0 radical (unpaired) electrons. The van der Waals surface area contributed by atoms with Crippen LogP contribution in [0.2, 0.25) is 0 Å². The molecule has 0 aromatic heterocycles. The zero-order valence-electron chi connectivity index (χ0n) is 17.7. The number of methoxy groups -OCH3 is 1. The molecular weight excluding hydrogens is 374 g/mol. The van der Waals surface area contributed by atoms with Gasteiger partial charge in [0, 0.05) is 12.2 Å². The minimum Gasteiger partial charge on any atom is -0.748 e. The number of carbonyl (C=O) groups is 2. The first-order chi connectivity index (χ1) is 12.1. The largest absolute Gasteiger partial charge is 0.748 e. The number of quaternary nitrogens is 1. The first-order valence-electron chi connectivity index (χ1n) is 9.10. The van der Waals surface area contributed by atoms with E-state index in [-0.39, 0.29) is 25.0 Å². The Kier molecular flexibility index (Phi) is 9.40. The summed E-state index contributed by atoms with van der Waals surface area (Å²) in [6, 6.07) is 0. The van der Waals surface area contributed by atoms with E-state index in [2.05, 4.69) is 0 Å². The lowest BCUT2D eigenvalue weighted by molar-refractivity contribution is -0.890. The highest BCUT2D eigenvalue weighted by atomic mass is 32.2. The van der Waals surface area contributed by atoms with Crippen molar-refractivity contribution in [2.45, 2.75) is 47.0 Å². The molecule has 0 rings (SSSR count). The molecule has 0 spiro atoms. The fourth-order valence-electron chi connectivity index (χ4n) is 3.01. The van der Waals surface area contributed by atoms with Gasteiger partial charge in [-0.25, -0.2) is 8.42 Å². The summed E-state index contributed by atoms with van der Waals surface area (Å²) in [4.78, 5) is 24.5. The molecule has 0 aliphatic carbocycles. The smallest absolute Gasteiger partial charge is 0.312 e. The van der Waals surface area contributed by atoms with Gasteiger partial charge in [0.1, 0.15) is 13.2 Å². The van der Waals surface area contributed by atoms with Gasteiger partial charge in [-0.2, -0.15) is 0 Å². The van der Waals surface area contributed by atoms with Crippen LogP contribution in [0.5, 0.6) is 0 Å². The third kappa shape index (κ3) is 9.53. The van der Waals surface area contributed by atoms with Crippen LogP contribution in [0.1, 0.15) is 47.0 Å². The van der Waals surface area contributed by atoms with Crippen molar-refractivity contribution in [2.24, 2.45) is 10.8 Å². The predicted octanol–water partition coefficient (Wildman–Crippen LogP) is 1.55. The lowest BCUT2D eigenvalue weighted by atomic mass is 9.72. The fourth-order valence-corrected chi connectivity index (χ4v) is 3.49. The molecule has 0 aromatic rings. The van der Waals surface area contributed by atoms with Crippen molar-refractivity contribution in [1.29, 1.82) is 0 Å². The third-order valence-corrected chi connectivity index (χ3v) is 5.72. The Bertz CT molecular complexity index is 613. The van der Waals surface area contributed by atoms with Crippen LogP contribution in [-0.2, 0) is 29.2 Å². The summed E-state index contributed by atoms with van der Waals surface area (Å²) in [6.07, 6.45) is 1.08. The Hall–Kier alpha value is -1.19. The van der Waals surface area contributed by atoms with Crippen molar-refractivity contribution in [3.8, 4) is 0 Å². The van der Waals surface area contributed by atoms with Crippen LogP contribution in [-0.4, -0.2) is 76.0 Å². The molecular formula is C18H35NO7S. The lowest BCUT2D eigenvalue weighted by Gasteiger charge is -2.34. The quantitative estimate of drug-likeness (QED) is 0.273. The molecule has 0 saturated heterocycles. The number of carbonyl (C=O) groups excluding carboxylic acids is 2. The number of likely N-dealkylation sites (N-methyl/N-ethyl adjacent to an activating group) is 1. The number of esters is 2. The molecule has 0 aromatic carbocycles. The van der Waals surface area contributed by atoms with Crippen LogP contribution < -0.4 is 0 Å². The highest BCUT2D eigenvalue weighted by Gasteiger charge is 2.42. The normalized spacial score (nSPS) is 15.1. The van der Waals surface area contributed by atoms with Crippen LogP contribution in [0.4, 0.5) is 0 Å². The van der Waals surface area contributed by atoms with Gasteiger partial charge in [-0.3, -0.25) is 9.59 Å². The molecule has 1 atom stereocenters. The number of hydrogen-bond acceptors (Lipinski definition) is 7. The van der Waals surface area contributed by atoms with E-state index in [9.17, 15) is 22.6 Å². The zero-order chi connectivity index (χ0) is 21.5. The van der Waals surface area contributed by atoms with E-state index in [0.717, 1.165) is 0 Å². The van der Waals surface area contributed by atoms with Crippen molar-refractivity contribution in [3.05, 3.63) is 0 Å². The highest BCUT2D eigenvalue weighted by molar-refractivity contribution is 7.85. The minimum absolute atomic E-state index is 0.171. The molecule has 8 nitrogen and oxygen atoms in total. The van der Waals surface area contributed by atoms with Crippen LogP contribution in [0.25, 0.3) is 0 Å². The van der Waals surface area contributed by atoms with Crippen LogP contribution >= 0.6 is 0 Å². The monoisotopic (exact) mass is 409 g/mol. The number of nitrogens with zero attached hydrogens (tertiary/aromatic N) is 1. The Morgan fingerprint density at radius 3 is 2.07 bits per heavy atom. The molecule has 0 amide bonds. The van der Waals surface area contributed by atoms with Gasteiger partial charge in [-0.05, 0) is 33.6 Å². The standard InChI is InChI=1S/C18H35NO7S/c1-8-18(4,14-17(2,3)15(20)25-7)16(21)26-12-11-19(5,6)10-9-13-27(22,23)24/h8-14H2,1-7H3. The molecule has 27 heavy (non-hydrogen) atoms. The van der Waals surface area contributed by atoms with E-state index >= 15 is 0 Å². The van der Waals surface area contributed by atoms with Gasteiger partial charge in [-0.15, -0.1) is 0 Å². The molecule has 0 aliphatic heterocycles. The van der Waals surface area contributed by atoms with E-state index in [4.69, 9.17) is 9.47 Å². The van der Waals surface area contributed by atoms with Crippen LogP contribution in [0.3, 0.4) is 0 Å². The summed E-state index contributed by atoms with van der Waals surface area (Å²) in [5, 5.41) is 0. The van der Waals surface area contributed by atoms with Crippen molar-refractivity contribution in [3.63, 3.8) is 0 Å². The molecule has 0 bridgehead atoms. The molecule has 1 unspecified atom stereocenters. The topological polar surface area (TPSA) is 110 Å². The fraction of sp³-hybridized carbons (Fsp3) is 0.889. The second-order valence-electron chi connectivity index (χ2n) is 8.60. The first kappa shape index (κ1) is 25.8. The first-order valence-corrected chi connectivity index (χ1v) is 10.7. The molecule has 0 heterocycles. The predicted molar refractivity (Wildman–Crippen MR) is 101 cm³/mol.